The maximum Gasteiger partial charge on any atom is 0.370 e. The minimum absolute atomic E-state index is 0. The van der Waals surface area contributed by atoms with Crippen LogP contribution in [-0.4, -0.2) is 28.9 Å². The highest BCUT2D eigenvalue weighted by Gasteiger charge is 2.20. The third kappa shape index (κ3) is 3.51. The van der Waals surface area contributed by atoms with Gasteiger partial charge in [0.1, 0.15) is 5.71 Å². The van der Waals surface area contributed by atoms with Crippen molar-refractivity contribution in [2.45, 2.75) is 6.92 Å². The van der Waals surface area contributed by atoms with Crippen LogP contribution in [0.4, 0.5) is 0 Å². The van der Waals surface area contributed by atoms with Crippen molar-refractivity contribution in [1.82, 2.24) is 4.98 Å². The van der Waals surface area contributed by atoms with Gasteiger partial charge in [-0.05, 0) is 31.2 Å². The lowest BCUT2D eigenvalue weighted by Crippen LogP contribution is -3.05. The normalized spacial score (nSPS) is 14.1. The van der Waals surface area contributed by atoms with E-state index in [-0.39, 0.29) is 17.8 Å². The second-order valence-electron chi connectivity index (χ2n) is 4.64. The molecule has 120 valence electrons. The Morgan fingerprint density at radius 1 is 1.17 bits per heavy atom. The SMILES string of the molecule is CC(=N[NH+]([O-])C(=O)c1ccc2c(c1)OCO2)c1ccncc1.O. The number of quaternary nitrogens is 1. The van der Waals surface area contributed by atoms with E-state index in [2.05, 4.69) is 10.1 Å². The molecule has 0 spiro atoms. The smallest absolute Gasteiger partial charge is 0.370 e. The second-order valence-corrected chi connectivity index (χ2v) is 4.64. The van der Waals surface area contributed by atoms with Crippen LogP contribution in [0.2, 0.25) is 0 Å². The Labute approximate surface area is 131 Å². The average Bonchev–Trinajstić information content (AvgIpc) is 3.02. The Morgan fingerprint density at radius 3 is 2.61 bits per heavy atom. The number of aromatic nitrogens is 1. The third-order valence-corrected chi connectivity index (χ3v) is 3.20. The van der Waals surface area contributed by atoms with Gasteiger partial charge in [-0.1, -0.05) is 5.10 Å². The number of rotatable bonds is 3. The lowest BCUT2D eigenvalue weighted by atomic mass is 10.2. The van der Waals surface area contributed by atoms with Gasteiger partial charge in [0.15, 0.2) is 11.5 Å². The van der Waals surface area contributed by atoms with Crippen LogP contribution in [0.15, 0.2) is 47.8 Å². The molecule has 8 nitrogen and oxygen atoms in total. The fraction of sp³-hybridized carbons (Fsp3) is 0.133. The van der Waals surface area contributed by atoms with Gasteiger partial charge in [-0.25, -0.2) is 4.79 Å². The van der Waals surface area contributed by atoms with E-state index in [1.807, 2.05) is 0 Å². The first-order valence-electron chi connectivity index (χ1n) is 6.59. The van der Waals surface area contributed by atoms with Gasteiger partial charge in [-0.2, -0.15) is 5.17 Å². The van der Waals surface area contributed by atoms with Crippen molar-refractivity contribution in [3.05, 3.63) is 59.1 Å². The number of carbonyl (C=O) groups is 1. The van der Waals surface area contributed by atoms with Crippen molar-refractivity contribution in [2.75, 3.05) is 6.79 Å². The molecular weight excluding hydrogens is 302 g/mol. The number of pyridine rings is 1. The number of ether oxygens (including phenoxy) is 2. The summed E-state index contributed by atoms with van der Waals surface area (Å²) in [4.78, 5) is 16.0. The number of fused-ring (bicyclic) bond motifs is 1. The van der Waals surface area contributed by atoms with Crippen LogP contribution >= 0.6 is 0 Å². The second kappa shape index (κ2) is 6.97. The molecule has 0 radical (unpaired) electrons. The van der Waals surface area contributed by atoms with Gasteiger partial charge < -0.3 is 20.2 Å². The maximum atomic E-state index is 12.1. The number of nitrogens with one attached hydrogen (secondary N) is 1. The highest BCUT2D eigenvalue weighted by Crippen LogP contribution is 2.32. The fourth-order valence-electron chi connectivity index (χ4n) is 2.02. The van der Waals surface area contributed by atoms with E-state index in [0.717, 1.165) is 5.56 Å². The lowest BCUT2D eigenvalue weighted by molar-refractivity contribution is -0.764. The van der Waals surface area contributed by atoms with Gasteiger partial charge in [0.25, 0.3) is 0 Å². The van der Waals surface area contributed by atoms with E-state index in [4.69, 9.17) is 9.47 Å². The molecule has 0 bridgehead atoms. The molecule has 1 unspecified atom stereocenters. The van der Waals surface area contributed by atoms with Gasteiger partial charge in [0, 0.05) is 24.0 Å². The van der Waals surface area contributed by atoms with E-state index in [9.17, 15) is 10.0 Å². The molecule has 0 saturated carbocycles. The predicted octanol–water partition coefficient (Wildman–Crippen LogP) is -0.0673. The van der Waals surface area contributed by atoms with E-state index in [0.29, 0.717) is 17.2 Å². The van der Waals surface area contributed by atoms with Gasteiger partial charge in [0.2, 0.25) is 6.79 Å². The van der Waals surface area contributed by atoms with Crippen LogP contribution in [-0.2, 0) is 0 Å². The van der Waals surface area contributed by atoms with Crippen LogP contribution in [0.5, 0.6) is 11.5 Å². The van der Waals surface area contributed by atoms with Crippen LogP contribution in [0, 0.1) is 5.21 Å². The molecule has 1 amide bonds. The first kappa shape index (κ1) is 16.6. The maximum absolute atomic E-state index is 12.1. The molecule has 3 N–H and O–H groups in total. The van der Waals surface area contributed by atoms with Crippen LogP contribution in [0.3, 0.4) is 0 Å². The van der Waals surface area contributed by atoms with Crippen molar-refractivity contribution in [1.29, 1.82) is 0 Å². The molecule has 2 heterocycles. The highest BCUT2D eigenvalue weighted by molar-refractivity contribution is 5.98. The lowest BCUT2D eigenvalue weighted by Gasteiger charge is -2.13. The molecule has 0 fully saturated rings. The minimum atomic E-state index is -0.826. The molecule has 1 aromatic heterocycles. The van der Waals surface area contributed by atoms with E-state index in [1.165, 1.54) is 12.1 Å². The summed E-state index contributed by atoms with van der Waals surface area (Å²) in [5.41, 5.74) is 1.42. The molecule has 8 heteroatoms. The summed E-state index contributed by atoms with van der Waals surface area (Å²) < 4.78 is 10.4. The molecule has 0 saturated heterocycles. The fourth-order valence-corrected chi connectivity index (χ4v) is 2.02. The van der Waals surface area contributed by atoms with E-state index < -0.39 is 11.1 Å². The summed E-state index contributed by atoms with van der Waals surface area (Å²) in [5.74, 6) is 0.320. The Kier molecular flexibility index (Phi) is 5.02. The van der Waals surface area contributed by atoms with Crippen LogP contribution in [0.25, 0.3) is 0 Å². The summed E-state index contributed by atoms with van der Waals surface area (Å²) in [6.07, 6.45) is 3.19. The molecule has 1 aliphatic heterocycles. The molecule has 1 aromatic carbocycles. The quantitative estimate of drug-likeness (QED) is 0.628. The van der Waals surface area contributed by atoms with Crippen LogP contribution in [0.1, 0.15) is 22.8 Å². The van der Waals surface area contributed by atoms with E-state index in [1.54, 1.807) is 37.5 Å². The van der Waals surface area contributed by atoms with Crippen molar-refractivity contribution < 1.29 is 24.9 Å². The molecule has 0 aliphatic carbocycles. The number of amides is 1. The Balaban J connectivity index is 0.00000192. The van der Waals surface area contributed by atoms with Gasteiger partial charge in [-0.15, -0.1) is 0 Å². The zero-order valence-corrected chi connectivity index (χ0v) is 12.3. The van der Waals surface area contributed by atoms with Gasteiger partial charge in [0.05, 0.1) is 5.56 Å². The van der Waals surface area contributed by atoms with Crippen molar-refractivity contribution >= 4 is 11.6 Å². The Morgan fingerprint density at radius 2 is 1.87 bits per heavy atom. The molecule has 2 aromatic rings. The number of hydrogen-bond acceptors (Lipinski definition) is 6. The molecule has 1 atom stereocenters. The molecule has 23 heavy (non-hydrogen) atoms. The Hall–Kier alpha value is -2.81. The first-order valence-corrected chi connectivity index (χ1v) is 6.59. The molecular formula is C15H15N3O5. The predicted molar refractivity (Wildman–Crippen MR) is 81.3 cm³/mol. The number of hydroxylamine groups is 1. The van der Waals surface area contributed by atoms with Crippen molar-refractivity contribution in [3.63, 3.8) is 0 Å². The third-order valence-electron chi connectivity index (χ3n) is 3.20. The number of benzene rings is 1. The van der Waals surface area contributed by atoms with Gasteiger partial charge >= 0.3 is 5.91 Å². The minimum Gasteiger partial charge on any atom is -0.598 e. The first-order chi connectivity index (χ1) is 10.6. The monoisotopic (exact) mass is 317 g/mol. The number of nitrogens with zero attached hydrogens (tertiary/aromatic N) is 2. The Bertz CT molecular complexity index is 733. The molecule has 3 rings (SSSR count). The molecule has 1 aliphatic rings. The summed E-state index contributed by atoms with van der Waals surface area (Å²) in [6.45, 7) is 1.78. The van der Waals surface area contributed by atoms with Crippen molar-refractivity contribution in [3.8, 4) is 11.5 Å². The summed E-state index contributed by atoms with van der Waals surface area (Å²) in [5, 5.41) is 15.0. The van der Waals surface area contributed by atoms with E-state index >= 15 is 0 Å². The highest BCUT2D eigenvalue weighted by atomic mass is 16.7. The van der Waals surface area contributed by atoms with Crippen molar-refractivity contribution in [2.24, 2.45) is 5.10 Å². The summed E-state index contributed by atoms with van der Waals surface area (Å²) in [7, 11) is 0. The topological polar surface area (TPSA) is 120 Å². The van der Waals surface area contributed by atoms with Gasteiger partial charge in [-0.3, -0.25) is 4.98 Å². The number of hydrogen-bond donors (Lipinski definition) is 1. The zero-order chi connectivity index (χ0) is 15.5. The summed E-state index contributed by atoms with van der Waals surface area (Å²) in [6, 6.07) is 8.04. The standard InChI is InChI=1S/C15H13N3O4.H2O/c1-10(11-4-6-16-7-5-11)17-18(20)15(19)12-2-3-13-14(8-12)22-9-21-13;/h2-8,18H,9H2,1H3;1H2. The largest absolute Gasteiger partial charge is 0.598 e. The zero-order valence-electron chi connectivity index (χ0n) is 12.3. The average molecular weight is 317 g/mol. The number of carbonyl (C=O) groups excluding carboxylic acids is 1. The summed E-state index contributed by atoms with van der Waals surface area (Å²) >= 11 is 0. The van der Waals surface area contributed by atoms with Crippen LogP contribution < -0.4 is 14.6 Å².